The number of aromatic nitrogens is 2. The molecule has 52 heavy (non-hydrogen) atoms. The molecule has 0 aliphatic rings. The number of rotatable bonds is 14. The van der Waals surface area contributed by atoms with Gasteiger partial charge in [0.25, 0.3) is 5.56 Å². The number of halogens is 2. The van der Waals surface area contributed by atoms with Crippen LogP contribution < -0.4 is 25.1 Å². The van der Waals surface area contributed by atoms with Crippen molar-refractivity contribution in [2.75, 3.05) is 46.8 Å². The SMILES string of the molecule is COc1ccc(-n2c(CCN(C)CCC(=O)Nc3cc(OC)c([N+](=O)[O-])cc3OC)nc3ccccc3c2=O)cc1.O=CCc1ccc(Cl)c(Cl)c1. The summed E-state index contributed by atoms with van der Waals surface area (Å²) < 4.78 is 17.2. The van der Waals surface area contributed by atoms with Crippen LogP contribution in [0.4, 0.5) is 11.4 Å². The van der Waals surface area contributed by atoms with Crippen LogP contribution in [0.1, 0.15) is 17.8 Å². The van der Waals surface area contributed by atoms with Crippen molar-refractivity contribution in [1.29, 1.82) is 0 Å². The molecule has 5 aromatic rings. The summed E-state index contributed by atoms with van der Waals surface area (Å²) in [5.41, 5.74) is 2.02. The third-order valence-corrected chi connectivity index (χ3v) is 8.63. The third kappa shape index (κ3) is 10.1. The van der Waals surface area contributed by atoms with Crippen LogP contribution in [0.5, 0.6) is 17.2 Å². The first kappa shape index (κ1) is 39.3. The third-order valence-electron chi connectivity index (χ3n) is 7.89. The lowest BCUT2D eigenvalue weighted by Gasteiger charge is -2.19. The van der Waals surface area contributed by atoms with E-state index in [1.165, 1.54) is 26.4 Å². The molecule has 0 spiro atoms. The van der Waals surface area contributed by atoms with Gasteiger partial charge in [0.2, 0.25) is 5.91 Å². The molecule has 0 unspecified atom stereocenters. The zero-order valence-corrected chi connectivity index (χ0v) is 30.4. The first-order chi connectivity index (χ1) is 25.0. The Balaban J connectivity index is 0.000000470. The van der Waals surface area contributed by atoms with Gasteiger partial charge in [-0.25, -0.2) is 4.98 Å². The number of anilines is 1. The molecule has 272 valence electrons. The number of para-hydroxylation sites is 1. The summed E-state index contributed by atoms with van der Waals surface area (Å²) in [5, 5.41) is 15.6. The van der Waals surface area contributed by atoms with Gasteiger partial charge in [0.05, 0.1) is 64.6 Å². The summed E-state index contributed by atoms with van der Waals surface area (Å²) >= 11 is 11.4. The van der Waals surface area contributed by atoms with Crippen LogP contribution in [-0.4, -0.2) is 73.0 Å². The van der Waals surface area contributed by atoms with Crippen LogP contribution in [0.2, 0.25) is 10.0 Å². The molecule has 15 heteroatoms. The van der Waals surface area contributed by atoms with E-state index in [4.69, 9.17) is 42.4 Å². The van der Waals surface area contributed by atoms with Gasteiger partial charge in [-0.05, 0) is 61.1 Å². The number of hydrogen-bond acceptors (Lipinski definition) is 10. The predicted octanol–water partition coefficient (Wildman–Crippen LogP) is 6.56. The van der Waals surface area contributed by atoms with Gasteiger partial charge in [-0.1, -0.05) is 41.4 Å². The number of carbonyl (C=O) groups excluding carboxylic acids is 2. The van der Waals surface area contributed by atoms with Crippen molar-refractivity contribution in [3.05, 3.63) is 121 Å². The Morgan fingerprint density at radius 2 is 1.65 bits per heavy atom. The Hall–Kier alpha value is -5.50. The number of nitro groups is 1. The molecule has 13 nitrogen and oxygen atoms in total. The molecule has 5 rings (SSSR count). The average molecular weight is 751 g/mol. The Morgan fingerprint density at radius 1 is 0.942 bits per heavy atom. The molecular formula is C37H37Cl2N5O8. The standard InChI is InChI=1S/C29H31N5O7.C8H6Cl2O/c1-32(16-14-28(35)31-23-17-26(41-4)24(34(37)38)18-25(23)40-3)15-13-27-30-22-8-6-5-7-21(22)29(36)33(27)19-9-11-20(39-2)12-10-19;9-7-2-1-6(3-4-11)5-8(7)10/h5-12,17-18H,13-16H2,1-4H3,(H,31,35);1-2,4-5H,3H2. The zero-order valence-electron chi connectivity index (χ0n) is 28.9. The normalized spacial score (nSPS) is 10.7. The predicted molar refractivity (Wildman–Crippen MR) is 201 cm³/mol. The molecule has 0 saturated heterocycles. The van der Waals surface area contributed by atoms with Gasteiger partial charge >= 0.3 is 5.69 Å². The van der Waals surface area contributed by atoms with Crippen LogP contribution in [0.3, 0.4) is 0 Å². The van der Waals surface area contributed by atoms with E-state index in [2.05, 4.69) is 5.32 Å². The van der Waals surface area contributed by atoms with Crippen LogP contribution in [0, 0.1) is 10.1 Å². The fraction of sp³-hybridized carbons (Fsp3) is 0.243. The molecule has 1 aromatic heterocycles. The molecule has 0 fully saturated rings. The van der Waals surface area contributed by atoms with E-state index in [-0.39, 0.29) is 40.8 Å². The van der Waals surface area contributed by atoms with E-state index in [1.54, 1.807) is 48.1 Å². The largest absolute Gasteiger partial charge is 0.497 e. The van der Waals surface area contributed by atoms with Crippen molar-refractivity contribution in [3.8, 4) is 22.9 Å². The van der Waals surface area contributed by atoms with Crippen molar-refractivity contribution in [2.45, 2.75) is 19.3 Å². The number of ether oxygens (including phenoxy) is 3. The lowest BCUT2D eigenvalue weighted by Crippen LogP contribution is -2.29. The number of nitrogens with zero attached hydrogens (tertiary/aromatic N) is 4. The minimum absolute atomic E-state index is 0.00834. The van der Waals surface area contributed by atoms with E-state index < -0.39 is 4.92 Å². The number of carbonyl (C=O) groups is 2. The van der Waals surface area contributed by atoms with E-state index in [1.807, 2.05) is 42.3 Å². The fourth-order valence-electron chi connectivity index (χ4n) is 5.14. The topological polar surface area (TPSA) is 155 Å². The van der Waals surface area contributed by atoms with E-state index in [0.29, 0.717) is 64.1 Å². The van der Waals surface area contributed by atoms with Crippen molar-refractivity contribution >= 4 is 57.7 Å². The summed E-state index contributed by atoms with van der Waals surface area (Å²) in [6.45, 7) is 0.946. The van der Waals surface area contributed by atoms with Crippen molar-refractivity contribution in [1.82, 2.24) is 14.5 Å². The molecule has 1 N–H and O–H groups in total. The van der Waals surface area contributed by atoms with E-state index >= 15 is 0 Å². The number of benzene rings is 4. The molecule has 1 amide bonds. The summed E-state index contributed by atoms with van der Waals surface area (Å²) in [4.78, 5) is 53.7. The maximum Gasteiger partial charge on any atom is 0.314 e. The van der Waals surface area contributed by atoms with Gasteiger partial charge in [-0.2, -0.15) is 0 Å². The summed E-state index contributed by atoms with van der Waals surface area (Å²) in [5.74, 6) is 1.13. The summed E-state index contributed by atoms with van der Waals surface area (Å²) in [6.07, 6.45) is 1.82. The number of amides is 1. The fourth-order valence-corrected chi connectivity index (χ4v) is 5.46. The quantitative estimate of drug-likeness (QED) is 0.0750. The van der Waals surface area contributed by atoms with Crippen LogP contribution in [-0.2, 0) is 22.4 Å². The highest BCUT2D eigenvalue weighted by atomic mass is 35.5. The number of nitrogens with one attached hydrogen (secondary N) is 1. The van der Waals surface area contributed by atoms with Crippen molar-refractivity contribution in [2.24, 2.45) is 0 Å². The van der Waals surface area contributed by atoms with E-state index in [0.717, 1.165) is 11.8 Å². The number of fused-ring (bicyclic) bond motifs is 1. The van der Waals surface area contributed by atoms with Crippen molar-refractivity contribution < 1.29 is 28.7 Å². The molecule has 0 radical (unpaired) electrons. The second-order valence-corrected chi connectivity index (χ2v) is 12.2. The minimum Gasteiger partial charge on any atom is -0.497 e. The second-order valence-electron chi connectivity index (χ2n) is 11.3. The molecule has 0 saturated carbocycles. The lowest BCUT2D eigenvalue weighted by atomic mass is 10.2. The van der Waals surface area contributed by atoms with Crippen LogP contribution in [0.25, 0.3) is 16.6 Å². The highest BCUT2D eigenvalue weighted by Gasteiger charge is 2.21. The number of hydrogen-bond donors (Lipinski definition) is 1. The number of aldehydes is 1. The van der Waals surface area contributed by atoms with Gasteiger partial charge in [-0.15, -0.1) is 0 Å². The molecule has 0 bridgehead atoms. The maximum atomic E-state index is 13.5. The maximum absolute atomic E-state index is 13.5. The Bertz CT molecular complexity index is 2110. The Morgan fingerprint density at radius 3 is 2.29 bits per heavy atom. The first-order valence-electron chi connectivity index (χ1n) is 15.9. The smallest absolute Gasteiger partial charge is 0.314 e. The summed E-state index contributed by atoms with van der Waals surface area (Å²) in [7, 11) is 6.13. The second kappa shape index (κ2) is 18.7. The Kier molecular flexibility index (Phi) is 14.1. The van der Waals surface area contributed by atoms with Crippen LogP contribution in [0.15, 0.2) is 83.7 Å². The monoisotopic (exact) mass is 749 g/mol. The zero-order chi connectivity index (χ0) is 37.8. The molecular weight excluding hydrogens is 713 g/mol. The van der Waals surface area contributed by atoms with Gasteiger partial charge in [0.15, 0.2) is 5.75 Å². The van der Waals surface area contributed by atoms with Gasteiger partial charge < -0.3 is 29.2 Å². The number of methoxy groups -OCH3 is 3. The highest BCUT2D eigenvalue weighted by molar-refractivity contribution is 6.42. The van der Waals surface area contributed by atoms with Crippen molar-refractivity contribution in [3.63, 3.8) is 0 Å². The average Bonchev–Trinajstić information content (AvgIpc) is 3.15. The van der Waals surface area contributed by atoms with Crippen LogP contribution >= 0.6 is 23.2 Å². The summed E-state index contributed by atoms with van der Waals surface area (Å²) in [6, 6.07) is 22.2. The number of likely N-dealkylation sites (N-methyl/N-ethyl adjacent to an activating group) is 1. The molecule has 4 aromatic carbocycles. The number of nitro benzene ring substituents is 1. The molecule has 0 atom stereocenters. The molecule has 1 heterocycles. The first-order valence-corrected chi connectivity index (χ1v) is 16.7. The van der Waals surface area contributed by atoms with E-state index in [9.17, 15) is 24.5 Å². The minimum atomic E-state index is -0.583. The molecule has 0 aliphatic heterocycles. The molecule has 0 aliphatic carbocycles. The highest BCUT2D eigenvalue weighted by Crippen LogP contribution is 2.37. The van der Waals surface area contributed by atoms with Gasteiger partial charge in [0.1, 0.15) is 23.6 Å². The lowest BCUT2D eigenvalue weighted by molar-refractivity contribution is -0.385. The Labute approximate surface area is 309 Å². The van der Waals surface area contributed by atoms with Gasteiger partial charge in [-0.3, -0.25) is 24.3 Å². The van der Waals surface area contributed by atoms with Gasteiger partial charge in [0, 0.05) is 38.4 Å².